The maximum Gasteiger partial charge on any atom is -0.00368 e. The molecule has 0 heterocycles. The molecule has 0 spiro atoms. The molecule has 0 unspecified atom stereocenters. The molecule has 13 heavy (non-hydrogen) atoms. The van der Waals surface area contributed by atoms with Crippen LogP contribution in [0.1, 0.15) is 33.1 Å². The Morgan fingerprint density at radius 2 is 1.08 bits per heavy atom. The lowest BCUT2D eigenvalue weighted by Crippen LogP contribution is -2.22. The zero-order valence-electron chi connectivity index (χ0n) is 8.77. The lowest BCUT2D eigenvalue weighted by atomic mass is 10.4. The van der Waals surface area contributed by atoms with Gasteiger partial charge in [0.1, 0.15) is 0 Å². The van der Waals surface area contributed by atoms with Gasteiger partial charge < -0.3 is 10.6 Å². The summed E-state index contributed by atoms with van der Waals surface area (Å²) >= 11 is 0. The first-order valence-corrected chi connectivity index (χ1v) is 4.83. The van der Waals surface area contributed by atoms with Crippen LogP contribution in [-0.2, 0) is 0 Å². The van der Waals surface area contributed by atoms with Crippen molar-refractivity contribution in [2.75, 3.05) is 26.2 Å². The Balaban J connectivity index is -0.000000500. The second-order valence-electron chi connectivity index (χ2n) is 2.85. The summed E-state index contributed by atoms with van der Waals surface area (Å²) < 4.78 is 0. The van der Waals surface area contributed by atoms with E-state index >= 15 is 0 Å². The van der Waals surface area contributed by atoms with Crippen LogP contribution in [-0.4, -0.2) is 26.2 Å². The van der Waals surface area contributed by atoms with Gasteiger partial charge in [0.2, 0.25) is 0 Å². The van der Waals surface area contributed by atoms with Gasteiger partial charge in [-0.05, 0) is 45.4 Å². The van der Waals surface area contributed by atoms with Crippen molar-refractivity contribution in [3.8, 4) is 0 Å². The molecule has 4 heteroatoms. The fraction of sp³-hybridized carbons (Fsp3) is 1.00. The van der Waals surface area contributed by atoms with Crippen molar-refractivity contribution in [1.29, 1.82) is 0 Å². The molecule has 0 atom stereocenters. The highest BCUT2D eigenvalue weighted by Gasteiger charge is 1.85. The van der Waals surface area contributed by atoms with Crippen LogP contribution in [0.3, 0.4) is 0 Å². The first-order valence-electron chi connectivity index (χ1n) is 4.83. The molecule has 0 aliphatic heterocycles. The van der Waals surface area contributed by atoms with Gasteiger partial charge in [-0.25, -0.2) is 0 Å². The van der Waals surface area contributed by atoms with Crippen LogP contribution in [0, 0.1) is 0 Å². The monoisotopic (exact) mass is 318 g/mol. The first-order chi connectivity index (χ1) is 5.41. The van der Waals surface area contributed by atoms with Gasteiger partial charge >= 0.3 is 0 Å². The van der Waals surface area contributed by atoms with Gasteiger partial charge in [0, 0.05) is 0 Å². The third kappa shape index (κ3) is 19.3. The lowest BCUT2D eigenvalue weighted by Gasteiger charge is -2.03. The van der Waals surface area contributed by atoms with E-state index in [0.717, 1.165) is 26.2 Å². The van der Waals surface area contributed by atoms with E-state index in [9.17, 15) is 0 Å². The van der Waals surface area contributed by atoms with E-state index in [0.29, 0.717) is 0 Å². The molecule has 2 N–H and O–H groups in total. The first kappa shape index (κ1) is 19.5. The summed E-state index contributed by atoms with van der Waals surface area (Å²) in [6, 6.07) is 0. The quantitative estimate of drug-likeness (QED) is 0.672. The molecule has 0 rings (SSSR count). The van der Waals surface area contributed by atoms with Crippen LogP contribution in [0.5, 0.6) is 0 Å². The van der Waals surface area contributed by atoms with Crippen LogP contribution in [0.15, 0.2) is 0 Å². The zero-order chi connectivity index (χ0) is 8.36. The summed E-state index contributed by atoms with van der Waals surface area (Å²) in [6.45, 7) is 9.03. The van der Waals surface area contributed by atoms with Crippen molar-refractivity contribution in [3.05, 3.63) is 0 Å². The largest absolute Gasteiger partial charge is 0.317 e. The van der Waals surface area contributed by atoms with Crippen molar-refractivity contribution < 1.29 is 0 Å². The molecule has 2 nitrogen and oxygen atoms in total. The molecule has 0 aromatic heterocycles. The minimum absolute atomic E-state index is 0. The molecule has 0 radical (unpaired) electrons. The molecule has 0 fully saturated rings. The smallest absolute Gasteiger partial charge is 0.00368 e. The molecule has 0 aliphatic carbocycles. The van der Waals surface area contributed by atoms with Gasteiger partial charge in [0.15, 0.2) is 0 Å². The fourth-order valence-corrected chi connectivity index (χ4v) is 0.942. The van der Waals surface area contributed by atoms with Gasteiger partial charge in [0.05, 0.1) is 0 Å². The summed E-state index contributed by atoms with van der Waals surface area (Å²) in [5.41, 5.74) is 0. The molecule has 0 aromatic rings. The zero-order valence-corrected chi connectivity index (χ0v) is 12.2. The van der Waals surface area contributed by atoms with Crippen LogP contribution >= 0.6 is 34.0 Å². The van der Waals surface area contributed by atoms with Crippen LogP contribution in [0.2, 0.25) is 0 Å². The summed E-state index contributed by atoms with van der Waals surface area (Å²) in [4.78, 5) is 0. The average Bonchev–Trinajstić information content (AvgIpc) is 2.03. The molecular formula is C9H24Br2N2. The van der Waals surface area contributed by atoms with E-state index in [4.69, 9.17) is 0 Å². The Morgan fingerprint density at radius 3 is 1.38 bits per heavy atom. The fourth-order valence-electron chi connectivity index (χ4n) is 0.942. The Kier molecular flexibility index (Phi) is 27.9. The van der Waals surface area contributed by atoms with Crippen molar-refractivity contribution in [1.82, 2.24) is 10.6 Å². The normalized spacial score (nSPS) is 8.77. The maximum absolute atomic E-state index is 3.37. The SMILES string of the molecule is Br.Br.CCCNCCCNCCC. The third-order valence-electron chi connectivity index (χ3n) is 1.56. The summed E-state index contributed by atoms with van der Waals surface area (Å²) in [7, 11) is 0. The summed E-state index contributed by atoms with van der Waals surface area (Å²) in [6.07, 6.45) is 3.73. The van der Waals surface area contributed by atoms with E-state index in [1.807, 2.05) is 0 Å². The van der Waals surface area contributed by atoms with Gasteiger partial charge in [-0.3, -0.25) is 0 Å². The van der Waals surface area contributed by atoms with Crippen molar-refractivity contribution in [3.63, 3.8) is 0 Å². The molecule has 84 valence electrons. The van der Waals surface area contributed by atoms with Gasteiger partial charge in [-0.1, -0.05) is 13.8 Å². The van der Waals surface area contributed by atoms with E-state index in [1.54, 1.807) is 0 Å². The molecule has 0 bridgehead atoms. The predicted octanol–water partition coefficient (Wildman–Crippen LogP) is 2.53. The highest BCUT2D eigenvalue weighted by molar-refractivity contribution is 8.93. The number of nitrogens with one attached hydrogen (secondary N) is 2. The summed E-state index contributed by atoms with van der Waals surface area (Å²) in [5, 5.41) is 6.74. The van der Waals surface area contributed by atoms with Gasteiger partial charge in [0.25, 0.3) is 0 Å². The number of rotatable bonds is 8. The molecule has 0 aliphatic rings. The standard InChI is InChI=1S/C9H22N2.2BrH/c1-3-6-10-8-5-9-11-7-4-2;;/h10-11H,3-9H2,1-2H3;2*1H. The Morgan fingerprint density at radius 1 is 0.692 bits per heavy atom. The van der Waals surface area contributed by atoms with Crippen LogP contribution < -0.4 is 10.6 Å². The predicted molar refractivity (Wildman–Crippen MR) is 71.6 cm³/mol. The minimum atomic E-state index is 0. The minimum Gasteiger partial charge on any atom is -0.317 e. The number of hydrogen-bond donors (Lipinski definition) is 2. The molecular weight excluding hydrogens is 296 g/mol. The number of halogens is 2. The second-order valence-corrected chi connectivity index (χ2v) is 2.85. The topological polar surface area (TPSA) is 24.1 Å². The molecule has 0 saturated carbocycles. The number of hydrogen-bond acceptors (Lipinski definition) is 2. The molecule has 0 aromatic carbocycles. The van der Waals surface area contributed by atoms with Gasteiger partial charge in [-0.2, -0.15) is 0 Å². The van der Waals surface area contributed by atoms with Crippen molar-refractivity contribution in [2.24, 2.45) is 0 Å². The average molecular weight is 320 g/mol. The Bertz CT molecular complexity index is 64.6. The van der Waals surface area contributed by atoms with Crippen molar-refractivity contribution >= 4 is 34.0 Å². The highest BCUT2D eigenvalue weighted by atomic mass is 79.9. The van der Waals surface area contributed by atoms with E-state index < -0.39 is 0 Å². The summed E-state index contributed by atoms with van der Waals surface area (Å²) in [5.74, 6) is 0. The van der Waals surface area contributed by atoms with Crippen LogP contribution in [0.25, 0.3) is 0 Å². The van der Waals surface area contributed by atoms with E-state index in [2.05, 4.69) is 24.5 Å². The van der Waals surface area contributed by atoms with Crippen LogP contribution in [0.4, 0.5) is 0 Å². The van der Waals surface area contributed by atoms with Gasteiger partial charge in [-0.15, -0.1) is 34.0 Å². The maximum atomic E-state index is 3.37. The van der Waals surface area contributed by atoms with E-state index in [-0.39, 0.29) is 34.0 Å². The Labute approximate surface area is 104 Å². The van der Waals surface area contributed by atoms with E-state index in [1.165, 1.54) is 19.3 Å². The molecule has 0 amide bonds. The third-order valence-corrected chi connectivity index (χ3v) is 1.56. The Hall–Kier alpha value is 0.880. The van der Waals surface area contributed by atoms with Crippen molar-refractivity contribution in [2.45, 2.75) is 33.1 Å². The highest BCUT2D eigenvalue weighted by Crippen LogP contribution is 1.76. The molecule has 0 saturated heterocycles. The lowest BCUT2D eigenvalue weighted by molar-refractivity contribution is 0.589. The second kappa shape index (κ2) is 18.6.